The number of amides is 1. The van der Waals surface area contributed by atoms with Crippen molar-refractivity contribution in [2.24, 2.45) is 5.92 Å². The SMILES string of the molecule is COc1cc(C(=O)N(C/C(C)=C/c2ccc(F)cc2F)C2CCCN(CC3CCCCC3)C2)cc(OC)c1OC. The summed E-state index contributed by atoms with van der Waals surface area (Å²) in [4.78, 5) is 18.6. The van der Waals surface area contributed by atoms with Gasteiger partial charge < -0.3 is 24.0 Å². The van der Waals surface area contributed by atoms with Crippen molar-refractivity contribution in [3.05, 3.63) is 58.7 Å². The number of ether oxygens (including phenoxy) is 3. The van der Waals surface area contributed by atoms with Gasteiger partial charge in [-0.05, 0) is 69.3 Å². The Labute approximate surface area is 236 Å². The van der Waals surface area contributed by atoms with E-state index in [9.17, 15) is 13.6 Å². The maximum atomic E-state index is 14.4. The van der Waals surface area contributed by atoms with E-state index in [1.165, 1.54) is 65.6 Å². The summed E-state index contributed by atoms with van der Waals surface area (Å²) < 4.78 is 44.4. The molecule has 2 aromatic carbocycles. The molecule has 1 amide bonds. The zero-order chi connectivity index (χ0) is 28.6. The summed E-state index contributed by atoms with van der Waals surface area (Å²) in [6.45, 7) is 5.09. The maximum absolute atomic E-state index is 14.4. The van der Waals surface area contributed by atoms with E-state index in [1.807, 2.05) is 11.8 Å². The van der Waals surface area contributed by atoms with Crippen molar-refractivity contribution in [1.82, 2.24) is 9.80 Å². The lowest BCUT2D eigenvalue weighted by atomic mass is 9.88. The molecule has 40 heavy (non-hydrogen) atoms. The number of carbonyl (C=O) groups excluding carboxylic acids is 1. The van der Waals surface area contributed by atoms with Crippen LogP contribution in [0.1, 0.15) is 67.8 Å². The number of halogens is 2. The van der Waals surface area contributed by atoms with E-state index in [1.54, 1.807) is 18.2 Å². The number of hydrogen-bond donors (Lipinski definition) is 0. The molecule has 2 fully saturated rings. The molecular weight excluding hydrogens is 514 g/mol. The van der Waals surface area contributed by atoms with Gasteiger partial charge in [0.05, 0.1) is 21.3 Å². The van der Waals surface area contributed by atoms with Crippen LogP contribution in [0.15, 0.2) is 35.9 Å². The molecular formula is C32H42F2N2O4. The second kappa shape index (κ2) is 14.0. The summed E-state index contributed by atoms with van der Waals surface area (Å²) in [6, 6.07) is 6.89. The van der Waals surface area contributed by atoms with Crippen LogP contribution in [0.5, 0.6) is 17.2 Å². The Bertz CT molecular complexity index is 1170. The van der Waals surface area contributed by atoms with Crippen LogP contribution in [-0.4, -0.2) is 69.3 Å². The van der Waals surface area contributed by atoms with Crippen molar-refractivity contribution >= 4 is 12.0 Å². The maximum Gasteiger partial charge on any atom is 0.254 e. The molecule has 1 saturated heterocycles. The van der Waals surface area contributed by atoms with Crippen LogP contribution in [0.4, 0.5) is 8.78 Å². The van der Waals surface area contributed by atoms with Crippen LogP contribution >= 0.6 is 0 Å². The van der Waals surface area contributed by atoms with E-state index >= 15 is 0 Å². The predicted octanol–water partition coefficient (Wildman–Crippen LogP) is 6.58. The van der Waals surface area contributed by atoms with Crippen LogP contribution < -0.4 is 14.2 Å². The number of carbonyl (C=O) groups is 1. The molecule has 1 heterocycles. The number of benzene rings is 2. The van der Waals surface area contributed by atoms with E-state index in [4.69, 9.17) is 14.2 Å². The van der Waals surface area contributed by atoms with Gasteiger partial charge in [0.1, 0.15) is 11.6 Å². The normalized spacial score (nSPS) is 18.9. The van der Waals surface area contributed by atoms with E-state index < -0.39 is 11.6 Å². The minimum absolute atomic E-state index is 0.00894. The largest absolute Gasteiger partial charge is 0.493 e. The third-order valence-electron chi connectivity index (χ3n) is 8.12. The third-order valence-corrected chi connectivity index (χ3v) is 8.12. The van der Waals surface area contributed by atoms with Crippen LogP contribution in [0.3, 0.4) is 0 Å². The Hall–Kier alpha value is -3.13. The molecule has 1 aliphatic heterocycles. The molecule has 2 aromatic rings. The van der Waals surface area contributed by atoms with E-state index in [-0.39, 0.29) is 11.9 Å². The molecule has 0 spiro atoms. The molecule has 0 aromatic heterocycles. The Morgan fingerprint density at radius 3 is 2.30 bits per heavy atom. The second-order valence-electron chi connectivity index (χ2n) is 11.1. The van der Waals surface area contributed by atoms with Crippen molar-refractivity contribution in [1.29, 1.82) is 0 Å². The van der Waals surface area contributed by atoms with Gasteiger partial charge in [-0.2, -0.15) is 0 Å². The fourth-order valence-corrected chi connectivity index (χ4v) is 6.12. The van der Waals surface area contributed by atoms with Gasteiger partial charge in [0.25, 0.3) is 5.91 Å². The molecule has 0 radical (unpaired) electrons. The second-order valence-corrected chi connectivity index (χ2v) is 11.1. The highest BCUT2D eigenvalue weighted by atomic mass is 19.1. The Balaban J connectivity index is 1.63. The highest BCUT2D eigenvalue weighted by Crippen LogP contribution is 2.39. The molecule has 1 atom stereocenters. The van der Waals surface area contributed by atoms with Crippen molar-refractivity contribution in [2.75, 3.05) is 47.5 Å². The van der Waals surface area contributed by atoms with Gasteiger partial charge in [0.15, 0.2) is 11.5 Å². The monoisotopic (exact) mass is 556 g/mol. The summed E-state index contributed by atoms with van der Waals surface area (Å²) in [5.41, 5.74) is 1.53. The number of piperidine rings is 1. The van der Waals surface area contributed by atoms with Crippen molar-refractivity contribution in [3.8, 4) is 17.2 Å². The minimum atomic E-state index is -0.627. The van der Waals surface area contributed by atoms with E-state index in [0.29, 0.717) is 34.9 Å². The smallest absolute Gasteiger partial charge is 0.254 e. The molecule has 4 rings (SSSR count). The predicted molar refractivity (Wildman–Crippen MR) is 153 cm³/mol. The van der Waals surface area contributed by atoms with Crippen molar-refractivity contribution in [3.63, 3.8) is 0 Å². The van der Waals surface area contributed by atoms with Crippen molar-refractivity contribution in [2.45, 2.75) is 57.9 Å². The first-order valence-electron chi connectivity index (χ1n) is 14.3. The Morgan fingerprint density at radius 1 is 0.975 bits per heavy atom. The minimum Gasteiger partial charge on any atom is -0.493 e. The topological polar surface area (TPSA) is 51.2 Å². The first-order chi connectivity index (χ1) is 19.3. The lowest BCUT2D eigenvalue weighted by Crippen LogP contribution is -2.51. The third kappa shape index (κ3) is 7.33. The zero-order valence-electron chi connectivity index (χ0n) is 24.2. The number of rotatable bonds is 10. The lowest BCUT2D eigenvalue weighted by molar-refractivity contribution is 0.0538. The van der Waals surface area contributed by atoms with Crippen molar-refractivity contribution < 1.29 is 27.8 Å². The van der Waals surface area contributed by atoms with Crippen LogP contribution in [-0.2, 0) is 0 Å². The number of likely N-dealkylation sites (tertiary alicyclic amines) is 1. The number of nitrogens with zero attached hydrogens (tertiary/aromatic N) is 2. The molecule has 0 N–H and O–H groups in total. The van der Waals surface area contributed by atoms with Crippen LogP contribution in [0, 0.1) is 17.6 Å². The summed E-state index contributed by atoms with van der Waals surface area (Å²) in [5.74, 6) is 0.560. The van der Waals surface area contributed by atoms with Crippen LogP contribution in [0.25, 0.3) is 6.08 Å². The number of methoxy groups -OCH3 is 3. The first-order valence-corrected chi connectivity index (χ1v) is 14.3. The standard InChI is InChI=1S/C32H42F2N2O4/c1-22(15-24-12-13-26(33)18-28(24)34)19-36(27-11-8-14-35(21-27)20-23-9-6-5-7-10-23)32(37)25-16-29(38-2)31(40-4)30(17-25)39-3/h12-13,15-18,23,27H,5-11,14,19-21H2,1-4H3/b22-15+. The average molecular weight is 557 g/mol. The van der Waals surface area contributed by atoms with Crippen LogP contribution in [0.2, 0.25) is 0 Å². The summed E-state index contributed by atoms with van der Waals surface area (Å²) in [7, 11) is 4.58. The van der Waals surface area contributed by atoms with Gasteiger partial charge in [-0.25, -0.2) is 8.78 Å². The highest BCUT2D eigenvalue weighted by molar-refractivity contribution is 5.96. The van der Waals surface area contributed by atoms with Gasteiger partial charge in [-0.1, -0.05) is 30.9 Å². The molecule has 1 unspecified atom stereocenters. The average Bonchev–Trinajstić information content (AvgIpc) is 2.96. The van der Waals surface area contributed by atoms with E-state index in [2.05, 4.69) is 4.90 Å². The Morgan fingerprint density at radius 2 is 1.68 bits per heavy atom. The molecule has 6 nitrogen and oxygen atoms in total. The van der Waals surface area contributed by atoms with Gasteiger partial charge in [0.2, 0.25) is 5.75 Å². The molecule has 218 valence electrons. The van der Waals surface area contributed by atoms with Gasteiger partial charge >= 0.3 is 0 Å². The molecule has 1 saturated carbocycles. The van der Waals surface area contributed by atoms with Gasteiger partial charge in [-0.3, -0.25) is 4.79 Å². The molecule has 2 aliphatic rings. The summed E-state index contributed by atoms with van der Waals surface area (Å²) in [5, 5.41) is 0. The first kappa shape index (κ1) is 29.8. The summed E-state index contributed by atoms with van der Waals surface area (Å²) >= 11 is 0. The molecule has 0 bridgehead atoms. The quantitative estimate of drug-likeness (QED) is 0.331. The Kier molecular flexibility index (Phi) is 10.4. The molecule has 1 aliphatic carbocycles. The van der Waals surface area contributed by atoms with E-state index in [0.717, 1.165) is 50.0 Å². The number of hydrogen-bond acceptors (Lipinski definition) is 5. The fraction of sp³-hybridized carbons (Fsp3) is 0.531. The molecule has 8 heteroatoms. The lowest BCUT2D eigenvalue weighted by Gasteiger charge is -2.41. The fourth-order valence-electron chi connectivity index (χ4n) is 6.12. The van der Waals surface area contributed by atoms with Gasteiger partial charge in [0, 0.05) is 42.9 Å². The zero-order valence-corrected chi connectivity index (χ0v) is 24.2. The highest BCUT2D eigenvalue weighted by Gasteiger charge is 2.31. The van der Waals surface area contributed by atoms with Gasteiger partial charge in [-0.15, -0.1) is 0 Å². The summed E-state index contributed by atoms with van der Waals surface area (Å²) in [6.07, 6.45) is 10.1.